The SMILES string of the molecule is O=C(NNC(=O)C1CCCCC1)c1ccccc1OCCc1ccccc1. The van der Waals surface area contributed by atoms with E-state index in [2.05, 4.69) is 10.9 Å². The second kappa shape index (κ2) is 9.76. The first-order chi connectivity index (χ1) is 13.2. The van der Waals surface area contributed by atoms with E-state index < -0.39 is 0 Å². The number of hydrazine groups is 1. The van der Waals surface area contributed by atoms with E-state index >= 15 is 0 Å². The smallest absolute Gasteiger partial charge is 0.273 e. The van der Waals surface area contributed by atoms with Crippen LogP contribution in [0.2, 0.25) is 0 Å². The number of hydrogen-bond acceptors (Lipinski definition) is 3. The van der Waals surface area contributed by atoms with Gasteiger partial charge in [0.15, 0.2) is 0 Å². The van der Waals surface area contributed by atoms with Crippen LogP contribution in [0.1, 0.15) is 48.0 Å². The second-order valence-corrected chi connectivity index (χ2v) is 6.86. The van der Waals surface area contributed by atoms with Crippen molar-refractivity contribution in [2.75, 3.05) is 6.61 Å². The number of carbonyl (C=O) groups is 2. The molecule has 0 unspecified atom stereocenters. The minimum atomic E-state index is -0.366. The summed E-state index contributed by atoms with van der Waals surface area (Å²) in [4.78, 5) is 24.7. The number of benzene rings is 2. The third-order valence-corrected chi connectivity index (χ3v) is 4.90. The minimum absolute atomic E-state index is 0.00332. The molecular formula is C22H26N2O3. The molecule has 3 rings (SSSR count). The molecule has 27 heavy (non-hydrogen) atoms. The van der Waals surface area contributed by atoms with Crippen LogP contribution in [0.15, 0.2) is 54.6 Å². The number of para-hydroxylation sites is 1. The molecule has 142 valence electrons. The van der Waals surface area contributed by atoms with Gasteiger partial charge in [-0.2, -0.15) is 0 Å². The van der Waals surface area contributed by atoms with Crippen molar-refractivity contribution >= 4 is 11.8 Å². The van der Waals surface area contributed by atoms with Crippen molar-refractivity contribution in [1.82, 2.24) is 10.9 Å². The molecule has 5 nitrogen and oxygen atoms in total. The third kappa shape index (κ3) is 5.58. The van der Waals surface area contributed by atoms with Crippen molar-refractivity contribution in [2.24, 2.45) is 5.92 Å². The van der Waals surface area contributed by atoms with Gasteiger partial charge in [-0.25, -0.2) is 0 Å². The molecule has 0 radical (unpaired) electrons. The Morgan fingerprint density at radius 3 is 2.37 bits per heavy atom. The summed E-state index contributed by atoms with van der Waals surface area (Å²) in [5.41, 5.74) is 6.68. The first-order valence-corrected chi connectivity index (χ1v) is 9.60. The number of ether oxygens (including phenoxy) is 1. The van der Waals surface area contributed by atoms with Crippen LogP contribution in [-0.4, -0.2) is 18.4 Å². The Bertz CT molecular complexity index is 755. The highest BCUT2D eigenvalue weighted by molar-refractivity contribution is 5.98. The summed E-state index contributed by atoms with van der Waals surface area (Å²) in [7, 11) is 0. The molecule has 0 aromatic heterocycles. The Hall–Kier alpha value is -2.82. The molecule has 5 heteroatoms. The summed E-state index contributed by atoms with van der Waals surface area (Å²) in [6.45, 7) is 0.475. The lowest BCUT2D eigenvalue weighted by Crippen LogP contribution is -2.45. The highest BCUT2D eigenvalue weighted by Crippen LogP contribution is 2.23. The lowest BCUT2D eigenvalue weighted by Gasteiger charge is -2.21. The Labute approximate surface area is 160 Å². The quantitative estimate of drug-likeness (QED) is 0.767. The van der Waals surface area contributed by atoms with Crippen molar-refractivity contribution in [3.05, 3.63) is 65.7 Å². The van der Waals surface area contributed by atoms with Gasteiger partial charge >= 0.3 is 0 Å². The summed E-state index contributed by atoms with van der Waals surface area (Å²) >= 11 is 0. The fraction of sp³-hybridized carbons (Fsp3) is 0.364. The number of nitrogens with one attached hydrogen (secondary N) is 2. The lowest BCUT2D eigenvalue weighted by atomic mass is 9.89. The molecule has 2 aromatic carbocycles. The molecule has 1 aliphatic rings. The normalized spacial score (nSPS) is 14.4. The topological polar surface area (TPSA) is 67.4 Å². The molecule has 0 bridgehead atoms. The lowest BCUT2D eigenvalue weighted by molar-refractivity contribution is -0.126. The van der Waals surface area contributed by atoms with Gasteiger partial charge in [-0.3, -0.25) is 20.4 Å². The molecule has 0 spiro atoms. The predicted octanol–water partition coefficient (Wildman–Crippen LogP) is 3.65. The fourth-order valence-corrected chi connectivity index (χ4v) is 3.36. The van der Waals surface area contributed by atoms with Gasteiger partial charge in [0.1, 0.15) is 5.75 Å². The van der Waals surface area contributed by atoms with E-state index in [4.69, 9.17) is 4.74 Å². The summed E-state index contributed by atoms with van der Waals surface area (Å²) < 4.78 is 5.81. The molecule has 0 atom stereocenters. The monoisotopic (exact) mass is 366 g/mol. The van der Waals surface area contributed by atoms with Crippen LogP contribution < -0.4 is 15.6 Å². The van der Waals surface area contributed by atoms with E-state index in [0.29, 0.717) is 17.9 Å². The Kier molecular flexibility index (Phi) is 6.85. The van der Waals surface area contributed by atoms with E-state index in [-0.39, 0.29) is 17.7 Å². The Morgan fingerprint density at radius 1 is 0.889 bits per heavy atom. The highest BCUT2D eigenvalue weighted by Gasteiger charge is 2.22. The van der Waals surface area contributed by atoms with Gasteiger partial charge < -0.3 is 4.74 Å². The molecule has 0 heterocycles. The Balaban J connectivity index is 1.52. The van der Waals surface area contributed by atoms with E-state index in [1.54, 1.807) is 18.2 Å². The molecule has 2 aromatic rings. The maximum atomic E-state index is 12.5. The fourth-order valence-electron chi connectivity index (χ4n) is 3.36. The van der Waals surface area contributed by atoms with E-state index in [9.17, 15) is 9.59 Å². The first kappa shape index (κ1) is 19.0. The zero-order chi connectivity index (χ0) is 18.9. The van der Waals surface area contributed by atoms with Crippen LogP contribution in [0, 0.1) is 5.92 Å². The number of hydrogen-bond donors (Lipinski definition) is 2. The third-order valence-electron chi connectivity index (χ3n) is 4.90. The van der Waals surface area contributed by atoms with Crippen molar-refractivity contribution in [3.8, 4) is 5.75 Å². The van der Waals surface area contributed by atoms with Gasteiger partial charge in [0.25, 0.3) is 5.91 Å². The van der Waals surface area contributed by atoms with Crippen molar-refractivity contribution < 1.29 is 14.3 Å². The molecular weight excluding hydrogens is 340 g/mol. The van der Waals surface area contributed by atoms with Crippen LogP contribution in [0.4, 0.5) is 0 Å². The summed E-state index contributed by atoms with van der Waals surface area (Å²) in [6, 6.07) is 17.1. The number of amides is 2. The van der Waals surface area contributed by atoms with Gasteiger partial charge in [-0.15, -0.1) is 0 Å². The van der Waals surface area contributed by atoms with Crippen LogP contribution >= 0.6 is 0 Å². The van der Waals surface area contributed by atoms with Crippen LogP contribution in [0.25, 0.3) is 0 Å². The first-order valence-electron chi connectivity index (χ1n) is 9.60. The number of rotatable bonds is 6. The van der Waals surface area contributed by atoms with Gasteiger partial charge in [0.05, 0.1) is 12.2 Å². The number of carbonyl (C=O) groups excluding carboxylic acids is 2. The van der Waals surface area contributed by atoms with Gasteiger partial charge in [0, 0.05) is 12.3 Å². The zero-order valence-electron chi connectivity index (χ0n) is 15.4. The van der Waals surface area contributed by atoms with Crippen molar-refractivity contribution in [2.45, 2.75) is 38.5 Å². The van der Waals surface area contributed by atoms with Gasteiger partial charge in [-0.05, 0) is 30.5 Å². The van der Waals surface area contributed by atoms with Crippen LogP contribution in [-0.2, 0) is 11.2 Å². The molecule has 0 aliphatic heterocycles. The Morgan fingerprint density at radius 2 is 1.59 bits per heavy atom. The summed E-state index contributed by atoms with van der Waals surface area (Å²) in [5.74, 6) is 0.0364. The maximum absolute atomic E-state index is 12.5. The standard InChI is InChI=1S/C22H26N2O3/c25-21(18-11-5-2-6-12-18)23-24-22(26)19-13-7-8-14-20(19)27-16-15-17-9-3-1-4-10-17/h1,3-4,7-10,13-14,18H,2,5-6,11-12,15-16H2,(H,23,25)(H,24,26). The van der Waals surface area contributed by atoms with Crippen LogP contribution in [0.5, 0.6) is 5.75 Å². The van der Waals surface area contributed by atoms with Crippen molar-refractivity contribution in [1.29, 1.82) is 0 Å². The molecule has 1 fully saturated rings. The highest BCUT2D eigenvalue weighted by atomic mass is 16.5. The summed E-state index contributed by atoms with van der Waals surface area (Å²) in [6.07, 6.45) is 5.87. The molecule has 2 amide bonds. The van der Waals surface area contributed by atoms with Crippen LogP contribution in [0.3, 0.4) is 0 Å². The van der Waals surface area contributed by atoms with Crippen molar-refractivity contribution in [3.63, 3.8) is 0 Å². The average Bonchev–Trinajstić information content (AvgIpc) is 2.73. The van der Waals surface area contributed by atoms with Gasteiger partial charge in [-0.1, -0.05) is 61.7 Å². The second-order valence-electron chi connectivity index (χ2n) is 6.86. The average molecular weight is 366 g/mol. The van der Waals surface area contributed by atoms with E-state index in [1.165, 1.54) is 12.0 Å². The maximum Gasteiger partial charge on any atom is 0.273 e. The predicted molar refractivity (Wildman–Crippen MR) is 104 cm³/mol. The van der Waals surface area contributed by atoms with Gasteiger partial charge in [0.2, 0.25) is 5.91 Å². The molecule has 2 N–H and O–H groups in total. The molecule has 1 aliphatic carbocycles. The van der Waals surface area contributed by atoms with E-state index in [0.717, 1.165) is 32.1 Å². The zero-order valence-corrected chi connectivity index (χ0v) is 15.4. The molecule has 0 saturated heterocycles. The largest absolute Gasteiger partial charge is 0.492 e. The summed E-state index contributed by atoms with van der Waals surface area (Å²) in [5, 5.41) is 0. The molecule has 1 saturated carbocycles. The van der Waals surface area contributed by atoms with E-state index in [1.807, 2.05) is 36.4 Å². The minimum Gasteiger partial charge on any atom is -0.492 e.